The molecule has 1 aromatic carbocycles. The minimum Gasteiger partial charge on any atom is -0.506 e. The minimum atomic E-state index is -0.580. The molecule has 0 aliphatic heterocycles. The Balaban J connectivity index is 2.38. The van der Waals surface area contributed by atoms with Crippen molar-refractivity contribution in [1.29, 1.82) is 0 Å². The van der Waals surface area contributed by atoms with Crippen LogP contribution in [0.2, 0.25) is 0 Å². The SMILES string of the molecule is CCOC(=O)c1cnc(SC)nc1Nc1ccc(C(=O)OC)cc1O. The van der Waals surface area contributed by atoms with Gasteiger partial charge in [-0.2, -0.15) is 0 Å². The van der Waals surface area contributed by atoms with E-state index >= 15 is 0 Å². The number of benzene rings is 1. The van der Waals surface area contributed by atoms with E-state index in [0.717, 1.165) is 0 Å². The molecule has 0 atom stereocenters. The van der Waals surface area contributed by atoms with Crippen LogP contribution in [0.1, 0.15) is 27.6 Å². The second-order valence-corrected chi connectivity index (χ2v) is 5.46. The smallest absolute Gasteiger partial charge is 0.343 e. The lowest BCUT2D eigenvalue weighted by Gasteiger charge is -2.12. The van der Waals surface area contributed by atoms with E-state index in [0.29, 0.717) is 5.16 Å². The van der Waals surface area contributed by atoms with Crippen LogP contribution >= 0.6 is 11.8 Å². The van der Waals surface area contributed by atoms with Crippen molar-refractivity contribution in [3.8, 4) is 5.75 Å². The first-order chi connectivity index (χ1) is 12.0. The van der Waals surface area contributed by atoms with Gasteiger partial charge in [0.05, 0.1) is 25.0 Å². The van der Waals surface area contributed by atoms with E-state index in [2.05, 4.69) is 20.0 Å². The second-order valence-electron chi connectivity index (χ2n) is 4.69. The van der Waals surface area contributed by atoms with E-state index in [1.165, 1.54) is 43.3 Å². The Kier molecular flexibility index (Phi) is 6.18. The summed E-state index contributed by atoms with van der Waals surface area (Å²) in [5, 5.41) is 13.4. The molecule has 0 fully saturated rings. The number of carbonyl (C=O) groups is 2. The zero-order chi connectivity index (χ0) is 18.4. The van der Waals surface area contributed by atoms with Crippen molar-refractivity contribution in [1.82, 2.24) is 9.97 Å². The Labute approximate surface area is 148 Å². The summed E-state index contributed by atoms with van der Waals surface area (Å²) in [6.07, 6.45) is 3.16. The molecule has 2 N–H and O–H groups in total. The highest BCUT2D eigenvalue weighted by Gasteiger charge is 2.18. The van der Waals surface area contributed by atoms with Crippen LogP contribution in [0, 0.1) is 0 Å². The Hall–Kier alpha value is -2.81. The number of hydrogen-bond donors (Lipinski definition) is 2. The Morgan fingerprint density at radius 1 is 1.32 bits per heavy atom. The summed E-state index contributed by atoms with van der Waals surface area (Å²) in [5.41, 5.74) is 0.601. The van der Waals surface area contributed by atoms with Gasteiger partial charge in [-0.25, -0.2) is 19.6 Å². The van der Waals surface area contributed by atoms with Crippen LogP contribution in [-0.2, 0) is 9.47 Å². The molecular formula is C16H17N3O5S. The first-order valence-corrected chi connectivity index (χ1v) is 8.49. The summed E-state index contributed by atoms with van der Waals surface area (Å²) < 4.78 is 9.59. The molecule has 1 aromatic heterocycles. The molecule has 2 aromatic rings. The van der Waals surface area contributed by atoms with Crippen LogP contribution in [0.4, 0.5) is 11.5 Å². The zero-order valence-corrected chi connectivity index (χ0v) is 14.7. The molecule has 0 saturated carbocycles. The van der Waals surface area contributed by atoms with Crippen LogP contribution in [0.15, 0.2) is 29.6 Å². The Morgan fingerprint density at radius 3 is 2.68 bits per heavy atom. The first-order valence-electron chi connectivity index (χ1n) is 7.26. The fraction of sp³-hybridized carbons (Fsp3) is 0.250. The molecule has 0 unspecified atom stereocenters. The predicted octanol–water partition coefficient (Wildman–Crippen LogP) is 2.61. The molecule has 132 valence electrons. The van der Waals surface area contributed by atoms with Crippen molar-refractivity contribution >= 4 is 35.2 Å². The molecule has 1 heterocycles. The van der Waals surface area contributed by atoms with Gasteiger partial charge in [-0.15, -0.1) is 0 Å². The molecule has 8 nitrogen and oxygen atoms in total. The Morgan fingerprint density at radius 2 is 2.08 bits per heavy atom. The summed E-state index contributed by atoms with van der Waals surface area (Å²) in [6.45, 7) is 1.90. The molecule has 9 heteroatoms. The largest absolute Gasteiger partial charge is 0.506 e. The molecule has 0 spiro atoms. The van der Waals surface area contributed by atoms with E-state index in [9.17, 15) is 14.7 Å². The third-order valence-electron chi connectivity index (χ3n) is 3.12. The zero-order valence-electron chi connectivity index (χ0n) is 13.9. The van der Waals surface area contributed by atoms with Gasteiger partial charge in [-0.1, -0.05) is 11.8 Å². The molecule has 2 rings (SSSR count). The molecule has 0 saturated heterocycles. The normalized spacial score (nSPS) is 10.2. The van der Waals surface area contributed by atoms with Gasteiger partial charge in [0.1, 0.15) is 17.1 Å². The lowest BCUT2D eigenvalue weighted by Crippen LogP contribution is -2.11. The highest BCUT2D eigenvalue weighted by Crippen LogP contribution is 2.29. The molecule has 0 amide bonds. The quantitative estimate of drug-likeness (QED) is 0.346. The third-order valence-corrected chi connectivity index (χ3v) is 3.68. The summed E-state index contributed by atoms with van der Waals surface area (Å²) in [4.78, 5) is 31.8. The summed E-state index contributed by atoms with van der Waals surface area (Å²) in [5.74, 6) is -1.15. The van der Waals surface area contributed by atoms with E-state index in [1.807, 2.05) is 0 Å². The van der Waals surface area contributed by atoms with Gasteiger partial charge in [0.2, 0.25) is 0 Å². The van der Waals surface area contributed by atoms with Gasteiger partial charge in [-0.05, 0) is 31.4 Å². The number of carbonyl (C=O) groups excluding carboxylic acids is 2. The molecule has 0 aliphatic carbocycles. The first kappa shape index (κ1) is 18.5. The molecule has 0 aliphatic rings. The van der Waals surface area contributed by atoms with Crippen molar-refractivity contribution in [3.63, 3.8) is 0 Å². The number of thioether (sulfide) groups is 1. The summed E-state index contributed by atoms with van der Waals surface area (Å²) in [7, 11) is 1.25. The van der Waals surface area contributed by atoms with Crippen LogP contribution in [0.5, 0.6) is 5.75 Å². The van der Waals surface area contributed by atoms with Gasteiger partial charge in [0.15, 0.2) is 5.16 Å². The highest BCUT2D eigenvalue weighted by atomic mass is 32.2. The van der Waals surface area contributed by atoms with Gasteiger partial charge in [-0.3, -0.25) is 0 Å². The molecule has 0 bridgehead atoms. The minimum absolute atomic E-state index is 0.135. The van der Waals surface area contributed by atoms with E-state index in [4.69, 9.17) is 4.74 Å². The monoisotopic (exact) mass is 363 g/mol. The topological polar surface area (TPSA) is 111 Å². The van der Waals surface area contributed by atoms with E-state index < -0.39 is 11.9 Å². The molecule has 25 heavy (non-hydrogen) atoms. The number of aromatic hydroxyl groups is 1. The van der Waals surface area contributed by atoms with Gasteiger partial charge in [0.25, 0.3) is 0 Å². The summed E-state index contributed by atoms with van der Waals surface area (Å²) >= 11 is 1.30. The third kappa shape index (κ3) is 4.38. The van der Waals surface area contributed by atoms with Gasteiger partial charge in [0, 0.05) is 6.20 Å². The van der Waals surface area contributed by atoms with Crippen molar-refractivity contribution in [2.75, 3.05) is 25.3 Å². The Bertz CT molecular complexity index is 797. The predicted molar refractivity (Wildman–Crippen MR) is 92.5 cm³/mol. The lowest BCUT2D eigenvalue weighted by atomic mass is 10.2. The van der Waals surface area contributed by atoms with Crippen molar-refractivity contribution in [3.05, 3.63) is 35.5 Å². The van der Waals surface area contributed by atoms with Crippen molar-refractivity contribution in [2.24, 2.45) is 0 Å². The number of ether oxygens (including phenoxy) is 2. The highest BCUT2D eigenvalue weighted by molar-refractivity contribution is 7.98. The number of nitrogens with zero attached hydrogens (tertiary/aromatic N) is 2. The van der Waals surface area contributed by atoms with Gasteiger partial charge >= 0.3 is 11.9 Å². The maximum absolute atomic E-state index is 12.0. The van der Waals surface area contributed by atoms with Crippen LogP contribution < -0.4 is 5.32 Å². The van der Waals surface area contributed by atoms with Crippen molar-refractivity contribution < 1.29 is 24.2 Å². The number of anilines is 2. The standard InChI is InChI=1S/C16H17N3O5S/c1-4-24-15(22)10-8-17-16(25-3)19-13(10)18-11-6-5-9(7-12(11)20)14(21)23-2/h5-8,20H,4H2,1-3H3,(H,17,18,19). The van der Waals surface area contributed by atoms with Crippen molar-refractivity contribution in [2.45, 2.75) is 12.1 Å². The number of aromatic nitrogens is 2. The van der Waals surface area contributed by atoms with E-state index in [1.54, 1.807) is 13.2 Å². The lowest BCUT2D eigenvalue weighted by molar-refractivity contribution is 0.0525. The van der Waals surface area contributed by atoms with Crippen LogP contribution in [-0.4, -0.2) is 47.0 Å². The number of rotatable bonds is 6. The van der Waals surface area contributed by atoms with Gasteiger partial charge < -0.3 is 19.9 Å². The molecular weight excluding hydrogens is 346 g/mol. The molecule has 0 radical (unpaired) electrons. The number of hydrogen-bond acceptors (Lipinski definition) is 9. The average Bonchev–Trinajstić information content (AvgIpc) is 2.62. The number of phenolic OH excluding ortho intramolecular Hbond substituents is 1. The maximum atomic E-state index is 12.0. The van der Waals surface area contributed by atoms with Crippen LogP contribution in [0.3, 0.4) is 0 Å². The second kappa shape index (κ2) is 8.34. The number of esters is 2. The maximum Gasteiger partial charge on any atom is 0.343 e. The van der Waals surface area contributed by atoms with Crippen LogP contribution in [0.25, 0.3) is 0 Å². The number of phenols is 1. The number of nitrogens with one attached hydrogen (secondary N) is 1. The fourth-order valence-electron chi connectivity index (χ4n) is 1.93. The fourth-order valence-corrected chi connectivity index (χ4v) is 2.27. The summed E-state index contributed by atoms with van der Waals surface area (Å²) in [6, 6.07) is 4.22. The van der Waals surface area contributed by atoms with E-state index in [-0.39, 0.29) is 35.0 Å². The average molecular weight is 363 g/mol. The number of methoxy groups -OCH3 is 1.